The second-order valence-electron chi connectivity index (χ2n) is 11.1. The Morgan fingerprint density at radius 2 is 1.14 bits per heavy atom. The predicted octanol–water partition coefficient (Wildman–Crippen LogP) is 7.89. The molecule has 0 aliphatic heterocycles. The lowest BCUT2D eigenvalue weighted by Crippen LogP contribution is -2.48. The van der Waals surface area contributed by atoms with Crippen LogP contribution in [-0.4, -0.2) is 15.0 Å². The van der Waals surface area contributed by atoms with E-state index in [1.54, 1.807) is 0 Å². The minimum atomic E-state index is 0.332. The lowest BCUT2D eigenvalue weighted by atomic mass is 9.48. The molecule has 3 aromatic carbocycles. The van der Waals surface area contributed by atoms with Crippen LogP contribution in [0.3, 0.4) is 0 Å². The minimum absolute atomic E-state index is 0.332. The van der Waals surface area contributed by atoms with Gasteiger partial charge < -0.3 is 0 Å². The Labute approximate surface area is 212 Å². The van der Waals surface area contributed by atoms with Crippen LogP contribution in [0.5, 0.6) is 0 Å². The molecular weight excluding hydrogens is 440 g/mol. The van der Waals surface area contributed by atoms with Crippen LogP contribution in [0.2, 0.25) is 0 Å². The van der Waals surface area contributed by atoms with Crippen LogP contribution in [0.4, 0.5) is 5.69 Å². The topological polar surface area (TPSA) is 43.0 Å². The van der Waals surface area contributed by atoms with Crippen LogP contribution in [-0.2, 0) is 5.41 Å². The van der Waals surface area contributed by atoms with E-state index in [1.807, 2.05) is 54.6 Å². The third kappa shape index (κ3) is 3.71. The third-order valence-corrected chi connectivity index (χ3v) is 8.69. The molecular formula is C32H28N4. The average Bonchev–Trinajstić information content (AvgIpc) is 2.93. The van der Waals surface area contributed by atoms with Crippen molar-refractivity contribution in [2.45, 2.75) is 43.9 Å². The highest BCUT2D eigenvalue weighted by Crippen LogP contribution is 2.60. The van der Waals surface area contributed by atoms with Crippen LogP contribution in [0.15, 0.2) is 78.9 Å². The zero-order chi connectivity index (χ0) is 24.1. The number of hydrogen-bond acceptors (Lipinski definition) is 3. The van der Waals surface area contributed by atoms with Gasteiger partial charge in [-0.05, 0) is 73.3 Å². The quantitative estimate of drug-likeness (QED) is 0.286. The van der Waals surface area contributed by atoms with E-state index >= 15 is 0 Å². The number of hydrogen-bond donors (Lipinski definition) is 0. The Morgan fingerprint density at radius 3 is 1.72 bits per heavy atom. The summed E-state index contributed by atoms with van der Waals surface area (Å²) in [5.41, 5.74) is 5.33. The number of rotatable bonds is 4. The molecule has 4 nitrogen and oxygen atoms in total. The summed E-state index contributed by atoms with van der Waals surface area (Å²) < 4.78 is 0. The van der Waals surface area contributed by atoms with E-state index in [0.717, 1.165) is 34.4 Å². The molecule has 0 saturated heterocycles. The molecule has 0 N–H and O–H groups in total. The second kappa shape index (κ2) is 8.38. The maximum atomic E-state index is 7.26. The van der Waals surface area contributed by atoms with Gasteiger partial charge in [0.15, 0.2) is 23.2 Å². The van der Waals surface area contributed by atoms with Crippen LogP contribution in [0.25, 0.3) is 39.0 Å². The Bertz CT molecular complexity index is 1430. The van der Waals surface area contributed by atoms with E-state index in [0.29, 0.717) is 28.6 Å². The molecule has 36 heavy (non-hydrogen) atoms. The lowest BCUT2D eigenvalue weighted by Gasteiger charge is -2.57. The Kier molecular flexibility index (Phi) is 4.99. The molecule has 4 saturated carbocycles. The summed E-state index contributed by atoms with van der Waals surface area (Å²) >= 11 is 0. The van der Waals surface area contributed by atoms with Crippen molar-refractivity contribution in [1.82, 2.24) is 15.0 Å². The molecule has 4 fully saturated rings. The fraction of sp³-hybridized carbons (Fsp3) is 0.312. The van der Waals surface area contributed by atoms with E-state index in [2.05, 4.69) is 29.1 Å². The van der Waals surface area contributed by atoms with Gasteiger partial charge in [-0.1, -0.05) is 72.8 Å². The summed E-state index contributed by atoms with van der Waals surface area (Å²) in [4.78, 5) is 18.2. The third-order valence-electron chi connectivity index (χ3n) is 8.69. The van der Waals surface area contributed by atoms with Gasteiger partial charge in [-0.3, -0.25) is 0 Å². The molecule has 4 aliphatic carbocycles. The molecule has 1 aromatic heterocycles. The van der Waals surface area contributed by atoms with Gasteiger partial charge in [-0.15, -0.1) is 0 Å². The first-order valence-electron chi connectivity index (χ1n) is 13.1. The SMILES string of the molecule is [C-]#[N+]c1ccc(-c2nc(-c3ccccc3)nc(-c3cccc(C45CC6CC(CC(C6)C4)C5)c3)n2)cc1. The molecule has 0 unspecified atom stereocenters. The lowest BCUT2D eigenvalue weighted by molar-refractivity contribution is -0.00517. The first-order chi connectivity index (χ1) is 17.7. The highest BCUT2D eigenvalue weighted by molar-refractivity contribution is 5.68. The molecule has 4 heteroatoms. The number of nitrogens with zero attached hydrogens (tertiary/aromatic N) is 4. The van der Waals surface area contributed by atoms with Crippen molar-refractivity contribution >= 4 is 5.69 Å². The normalized spacial score (nSPS) is 26.0. The van der Waals surface area contributed by atoms with E-state index in [4.69, 9.17) is 21.5 Å². The summed E-state index contributed by atoms with van der Waals surface area (Å²) in [6.07, 6.45) is 8.36. The first-order valence-corrected chi connectivity index (χ1v) is 13.1. The van der Waals surface area contributed by atoms with Gasteiger partial charge in [-0.2, -0.15) is 0 Å². The maximum Gasteiger partial charge on any atom is 0.187 e. The van der Waals surface area contributed by atoms with Crippen molar-refractivity contribution in [3.05, 3.63) is 95.8 Å². The van der Waals surface area contributed by atoms with Crippen molar-refractivity contribution in [2.24, 2.45) is 17.8 Å². The van der Waals surface area contributed by atoms with Gasteiger partial charge in [0.25, 0.3) is 0 Å². The average molecular weight is 469 g/mol. The molecule has 0 spiro atoms. The number of benzene rings is 3. The highest BCUT2D eigenvalue weighted by atomic mass is 15.0. The van der Waals surface area contributed by atoms with Crippen molar-refractivity contribution in [3.8, 4) is 34.2 Å². The van der Waals surface area contributed by atoms with Gasteiger partial charge in [0, 0.05) is 16.7 Å². The van der Waals surface area contributed by atoms with Gasteiger partial charge in [0.2, 0.25) is 0 Å². The molecule has 8 rings (SSSR count). The van der Waals surface area contributed by atoms with Gasteiger partial charge in [0.05, 0.1) is 6.57 Å². The standard InChI is InChI=1S/C32H28N4/c1-33-28-12-10-25(11-13-28)30-34-29(24-6-3-2-4-7-24)35-31(36-30)26-8-5-9-27(17-26)32-18-21-14-22(19-32)16-23(15-21)20-32/h2-13,17,21-23H,14-16,18-20H2. The van der Waals surface area contributed by atoms with Crippen LogP contribution >= 0.6 is 0 Å². The summed E-state index contributed by atoms with van der Waals surface area (Å²) in [6.45, 7) is 7.26. The maximum absolute atomic E-state index is 7.26. The van der Waals surface area contributed by atoms with Crippen LogP contribution in [0.1, 0.15) is 44.1 Å². The Balaban J connectivity index is 1.33. The zero-order valence-electron chi connectivity index (χ0n) is 20.3. The van der Waals surface area contributed by atoms with E-state index in [1.165, 1.54) is 44.1 Å². The van der Waals surface area contributed by atoms with E-state index in [9.17, 15) is 0 Å². The molecule has 0 radical (unpaired) electrons. The van der Waals surface area contributed by atoms with Gasteiger partial charge in [-0.25, -0.2) is 19.8 Å². The minimum Gasteiger partial charge on any atom is -0.238 e. The second-order valence-corrected chi connectivity index (χ2v) is 11.1. The Morgan fingerprint density at radius 1 is 0.611 bits per heavy atom. The summed E-state index contributed by atoms with van der Waals surface area (Å²) in [5, 5.41) is 0. The van der Waals surface area contributed by atoms with Gasteiger partial charge >= 0.3 is 0 Å². The first kappa shape index (κ1) is 21.4. The zero-order valence-corrected chi connectivity index (χ0v) is 20.3. The summed E-state index contributed by atoms with van der Waals surface area (Å²) in [6, 6.07) is 26.6. The monoisotopic (exact) mass is 468 g/mol. The van der Waals surface area contributed by atoms with Crippen molar-refractivity contribution < 1.29 is 0 Å². The largest absolute Gasteiger partial charge is 0.238 e. The van der Waals surface area contributed by atoms with Gasteiger partial charge in [0.1, 0.15) is 0 Å². The van der Waals surface area contributed by atoms with Crippen molar-refractivity contribution in [1.29, 1.82) is 0 Å². The summed E-state index contributed by atoms with van der Waals surface area (Å²) in [7, 11) is 0. The molecule has 0 amide bonds. The smallest absolute Gasteiger partial charge is 0.187 e. The molecule has 1 heterocycles. The van der Waals surface area contributed by atoms with Crippen LogP contribution in [0, 0.1) is 24.3 Å². The van der Waals surface area contributed by atoms with Crippen molar-refractivity contribution in [3.63, 3.8) is 0 Å². The fourth-order valence-electron chi connectivity index (χ4n) is 7.49. The summed E-state index contributed by atoms with van der Waals surface area (Å²) in [5.74, 6) is 4.74. The molecule has 0 atom stereocenters. The molecule has 4 aromatic rings. The molecule has 4 aliphatic rings. The van der Waals surface area contributed by atoms with Crippen molar-refractivity contribution in [2.75, 3.05) is 0 Å². The Hall–Kier alpha value is -3.84. The number of aromatic nitrogens is 3. The molecule has 4 bridgehead atoms. The van der Waals surface area contributed by atoms with E-state index in [-0.39, 0.29) is 0 Å². The predicted molar refractivity (Wildman–Crippen MR) is 142 cm³/mol. The molecule has 176 valence electrons. The van der Waals surface area contributed by atoms with Crippen LogP contribution < -0.4 is 0 Å². The highest BCUT2D eigenvalue weighted by Gasteiger charge is 2.51. The fourth-order valence-corrected chi connectivity index (χ4v) is 7.49. The van der Waals surface area contributed by atoms with E-state index < -0.39 is 0 Å².